The van der Waals surface area contributed by atoms with Crippen LogP contribution < -0.4 is 5.32 Å². The van der Waals surface area contributed by atoms with Crippen LogP contribution in [-0.4, -0.2) is 56.8 Å². The number of β-lactam (4-membered cyclic amide) rings is 1. The first-order valence-electron chi connectivity index (χ1n) is 8.58. The highest BCUT2D eigenvalue weighted by Crippen LogP contribution is 2.42. The number of rotatable bonds is 5. The number of nitrogens with one attached hydrogen (secondary N) is 1. The molecular formula is C18H19Cl3N2O4S. The molecule has 3 atom stereocenters. The van der Waals surface area contributed by atoms with Crippen LogP contribution >= 0.6 is 46.6 Å². The van der Waals surface area contributed by atoms with E-state index in [1.54, 1.807) is 11.8 Å². The lowest BCUT2D eigenvalue weighted by Gasteiger charge is -2.53. The second-order valence-electron chi connectivity index (χ2n) is 7.13. The number of carbonyl (C=O) groups is 3. The van der Waals surface area contributed by atoms with Crippen molar-refractivity contribution in [3.63, 3.8) is 0 Å². The first-order valence-corrected chi connectivity index (χ1v) is 10.8. The van der Waals surface area contributed by atoms with E-state index in [9.17, 15) is 14.4 Å². The number of nitrogens with zero attached hydrogens (tertiary/aromatic N) is 1. The van der Waals surface area contributed by atoms with Gasteiger partial charge in [-0.1, -0.05) is 65.1 Å². The molecule has 2 unspecified atom stereocenters. The van der Waals surface area contributed by atoms with Crippen LogP contribution in [0.4, 0.5) is 0 Å². The minimum atomic E-state index is -1.68. The Morgan fingerprint density at radius 1 is 1.32 bits per heavy atom. The van der Waals surface area contributed by atoms with Gasteiger partial charge in [-0.2, -0.15) is 0 Å². The zero-order chi connectivity index (χ0) is 20.5. The summed E-state index contributed by atoms with van der Waals surface area (Å²) in [7, 11) is 0. The molecule has 2 amide bonds. The maximum absolute atomic E-state index is 12.5. The van der Waals surface area contributed by atoms with Gasteiger partial charge in [-0.3, -0.25) is 14.4 Å². The quantitative estimate of drug-likeness (QED) is 0.411. The maximum atomic E-state index is 12.5. The van der Waals surface area contributed by atoms with Crippen LogP contribution in [0.1, 0.15) is 12.5 Å². The lowest BCUT2D eigenvalue weighted by atomic mass is 9.89. The van der Waals surface area contributed by atoms with Crippen LogP contribution in [0.25, 0.3) is 0 Å². The first kappa shape index (κ1) is 21.6. The number of carbonyl (C=O) groups excluding carboxylic acids is 3. The average molecular weight is 466 g/mol. The molecule has 6 nitrogen and oxygen atoms in total. The molecule has 2 aliphatic rings. The predicted molar refractivity (Wildman–Crippen MR) is 109 cm³/mol. The van der Waals surface area contributed by atoms with Gasteiger partial charge in [-0.15, -0.1) is 11.8 Å². The summed E-state index contributed by atoms with van der Waals surface area (Å²) in [5.41, 5.74) is -0.0182. The maximum Gasteiger partial charge on any atom is 0.314 e. The molecule has 1 N–H and O–H groups in total. The SMILES string of the molecule is CC1(C(=O)OCC(Cl)(Cl)Cl)CS[C@@H]2C(NC(=O)Cc3ccccc3)C(=O)N2C1. The Kier molecular flexibility index (Phi) is 6.39. The number of hydrogen-bond acceptors (Lipinski definition) is 5. The van der Waals surface area contributed by atoms with Crippen molar-refractivity contribution in [1.82, 2.24) is 10.2 Å². The molecule has 28 heavy (non-hydrogen) atoms. The van der Waals surface area contributed by atoms with E-state index in [0.29, 0.717) is 5.75 Å². The Labute approximate surface area is 182 Å². The van der Waals surface area contributed by atoms with Crippen molar-refractivity contribution in [2.45, 2.75) is 28.6 Å². The number of esters is 1. The summed E-state index contributed by atoms with van der Waals surface area (Å²) in [6.45, 7) is 1.56. The molecule has 0 spiro atoms. The van der Waals surface area contributed by atoms with Crippen LogP contribution in [0.2, 0.25) is 0 Å². The van der Waals surface area contributed by atoms with E-state index in [1.165, 1.54) is 11.8 Å². The zero-order valence-electron chi connectivity index (χ0n) is 15.0. The normalized spacial score (nSPS) is 26.9. The molecule has 10 heteroatoms. The topological polar surface area (TPSA) is 75.7 Å². The van der Waals surface area contributed by atoms with E-state index in [0.717, 1.165) is 5.56 Å². The molecule has 2 aliphatic heterocycles. The largest absolute Gasteiger partial charge is 0.461 e. The van der Waals surface area contributed by atoms with Crippen LogP contribution in [0.5, 0.6) is 0 Å². The van der Waals surface area contributed by atoms with E-state index in [-0.39, 0.29) is 36.8 Å². The lowest BCUT2D eigenvalue weighted by Crippen LogP contribution is -2.73. The molecule has 152 valence electrons. The molecule has 0 saturated carbocycles. The second-order valence-corrected chi connectivity index (χ2v) is 10.7. The molecule has 1 aromatic carbocycles. The molecule has 0 radical (unpaired) electrons. The fourth-order valence-corrected chi connectivity index (χ4v) is 4.80. The number of fused-ring (bicyclic) bond motifs is 1. The summed E-state index contributed by atoms with van der Waals surface area (Å²) in [6, 6.07) is 8.73. The predicted octanol–water partition coefficient (Wildman–Crippen LogP) is 2.55. The number of hydrogen-bond donors (Lipinski definition) is 1. The highest BCUT2D eigenvalue weighted by atomic mass is 35.6. The van der Waals surface area contributed by atoms with Crippen LogP contribution in [0.15, 0.2) is 30.3 Å². The first-order chi connectivity index (χ1) is 13.1. The third-order valence-corrected chi connectivity index (χ3v) is 6.62. The van der Waals surface area contributed by atoms with E-state index >= 15 is 0 Å². The van der Waals surface area contributed by atoms with Gasteiger partial charge in [-0.25, -0.2) is 0 Å². The Morgan fingerprint density at radius 2 is 2.00 bits per heavy atom. The van der Waals surface area contributed by atoms with E-state index < -0.39 is 21.2 Å². The summed E-state index contributed by atoms with van der Waals surface area (Å²) < 4.78 is 3.41. The Bertz CT molecular complexity index is 774. The number of thioether (sulfide) groups is 1. The Balaban J connectivity index is 1.54. The molecular weight excluding hydrogens is 447 g/mol. The van der Waals surface area contributed by atoms with Crippen molar-refractivity contribution >= 4 is 64.3 Å². The molecule has 0 aliphatic carbocycles. The summed E-state index contributed by atoms with van der Waals surface area (Å²) in [5.74, 6) is -0.501. The second kappa shape index (κ2) is 8.30. The van der Waals surface area contributed by atoms with Crippen LogP contribution in [-0.2, 0) is 25.5 Å². The fraction of sp³-hybridized carbons (Fsp3) is 0.500. The van der Waals surface area contributed by atoms with Gasteiger partial charge in [0, 0.05) is 12.3 Å². The van der Waals surface area contributed by atoms with E-state index in [1.807, 2.05) is 30.3 Å². The van der Waals surface area contributed by atoms with E-state index in [4.69, 9.17) is 39.5 Å². The minimum absolute atomic E-state index is 0.193. The monoisotopic (exact) mass is 464 g/mol. The van der Waals surface area contributed by atoms with Crippen LogP contribution in [0, 0.1) is 5.41 Å². The van der Waals surface area contributed by atoms with Crippen LogP contribution in [0.3, 0.4) is 0 Å². The van der Waals surface area contributed by atoms with Crippen molar-refractivity contribution in [2.24, 2.45) is 5.41 Å². The molecule has 2 fully saturated rings. The molecule has 2 saturated heterocycles. The highest BCUT2D eigenvalue weighted by Gasteiger charge is 2.56. The van der Waals surface area contributed by atoms with Gasteiger partial charge < -0.3 is 15.0 Å². The molecule has 0 aromatic heterocycles. The molecule has 1 aromatic rings. The standard InChI is InChI=1S/C18H19Cl3N2O4S/c1-17(16(26)27-9-18(19,20)21)8-23-14(25)13(15(23)28-10-17)22-12(24)7-11-5-3-2-4-6-11/h2-6,13,15H,7-10H2,1H3,(H,22,24)/t13?,15-,17?/m1/s1. The summed E-state index contributed by atoms with van der Waals surface area (Å²) in [6.07, 6.45) is 0.211. The zero-order valence-corrected chi connectivity index (χ0v) is 18.1. The lowest BCUT2D eigenvalue weighted by molar-refractivity contribution is -0.161. The number of alkyl halides is 3. The molecule has 2 heterocycles. The summed E-state index contributed by atoms with van der Waals surface area (Å²) in [4.78, 5) is 38.7. The van der Waals surface area contributed by atoms with Crippen molar-refractivity contribution < 1.29 is 19.1 Å². The number of benzene rings is 1. The van der Waals surface area contributed by atoms with Gasteiger partial charge in [0.1, 0.15) is 18.0 Å². The number of ether oxygens (including phenoxy) is 1. The van der Waals surface area contributed by atoms with Crippen molar-refractivity contribution in [3.05, 3.63) is 35.9 Å². The summed E-state index contributed by atoms with van der Waals surface area (Å²) in [5, 5.41) is 2.60. The van der Waals surface area contributed by atoms with E-state index in [2.05, 4.69) is 5.32 Å². The van der Waals surface area contributed by atoms with Gasteiger partial charge in [-0.05, 0) is 12.5 Å². The average Bonchev–Trinajstić information content (AvgIpc) is 2.64. The fourth-order valence-electron chi connectivity index (χ4n) is 3.15. The minimum Gasteiger partial charge on any atom is -0.461 e. The Hall–Kier alpha value is -1.15. The summed E-state index contributed by atoms with van der Waals surface area (Å²) >= 11 is 18.3. The van der Waals surface area contributed by atoms with Gasteiger partial charge in [0.15, 0.2) is 0 Å². The number of halogens is 3. The Morgan fingerprint density at radius 3 is 2.64 bits per heavy atom. The van der Waals surface area contributed by atoms with Gasteiger partial charge in [0.2, 0.25) is 15.6 Å². The van der Waals surface area contributed by atoms with Gasteiger partial charge >= 0.3 is 5.97 Å². The third-order valence-electron chi connectivity index (χ3n) is 4.62. The highest BCUT2D eigenvalue weighted by molar-refractivity contribution is 8.00. The molecule has 0 bridgehead atoms. The van der Waals surface area contributed by atoms with Gasteiger partial charge in [0.25, 0.3) is 0 Å². The molecule has 3 rings (SSSR count). The van der Waals surface area contributed by atoms with Crippen molar-refractivity contribution in [2.75, 3.05) is 18.9 Å². The van der Waals surface area contributed by atoms with Crippen molar-refractivity contribution in [3.8, 4) is 0 Å². The number of amides is 2. The van der Waals surface area contributed by atoms with Crippen molar-refractivity contribution in [1.29, 1.82) is 0 Å². The smallest absolute Gasteiger partial charge is 0.314 e. The third kappa shape index (κ3) is 4.87. The van der Waals surface area contributed by atoms with Gasteiger partial charge in [0.05, 0.1) is 11.8 Å².